The first-order chi connectivity index (χ1) is 9.51. The van der Waals surface area contributed by atoms with E-state index in [1.807, 2.05) is 6.07 Å². The fraction of sp³-hybridized carbons (Fsp3) is 0. The van der Waals surface area contributed by atoms with E-state index in [2.05, 4.69) is 21.2 Å². The van der Waals surface area contributed by atoms with Crippen molar-refractivity contribution in [3.05, 3.63) is 57.0 Å². The molecule has 2 rings (SSSR count). The molecule has 0 unspecified atom stereocenters. The first-order valence-electron chi connectivity index (χ1n) is 5.57. The second-order valence-electron chi connectivity index (χ2n) is 4.00. The molecule has 1 amide bonds. The Hall–Kier alpha value is -2.03. The molecular formula is C14H9BrClN3O. The minimum Gasteiger partial charge on any atom is -0.399 e. The van der Waals surface area contributed by atoms with Gasteiger partial charge in [-0.2, -0.15) is 5.26 Å². The average molecular weight is 351 g/mol. The lowest BCUT2D eigenvalue weighted by atomic mass is 10.1. The number of nitriles is 1. The summed E-state index contributed by atoms with van der Waals surface area (Å²) in [5.41, 5.74) is 7.44. The summed E-state index contributed by atoms with van der Waals surface area (Å²) in [5, 5.41) is 11.8. The van der Waals surface area contributed by atoms with Crippen LogP contribution in [-0.4, -0.2) is 5.91 Å². The van der Waals surface area contributed by atoms with Crippen molar-refractivity contribution in [2.24, 2.45) is 0 Å². The highest BCUT2D eigenvalue weighted by molar-refractivity contribution is 9.10. The minimum absolute atomic E-state index is 0.289. The van der Waals surface area contributed by atoms with E-state index in [-0.39, 0.29) is 10.9 Å². The number of halogens is 2. The molecule has 0 radical (unpaired) electrons. The number of carbonyl (C=O) groups excluding carboxylic acids is 1. The summed E-state index contributed by atoms with van der Waals surface area (Å²) >= 11 is 9.21. The second-order valence-corrected chi connectivity index (χ2v) is 5.26. The van der Waals surface area contributed by atoms with Crippen LogP contribution in [0.15, 0.2) is 40.9 Å². The Morgan fingerprint density at radius 3 is 2.70 bits per heavy atom. The summed E-state index contributed by atoms with van der Waals surface area (Å²) in [6, 6.07) is 11.6. The number of benzene rings is 2. The maximum absolute atomic E-state index is 12.1. The van der Waals surface area contributed by atoms with Crippen molar-refractivity contribution >= 4 is 44.8 Å². The average Bonchev–Trinajstić information content (AvgIpc) is 2.41. The molecule has 0 aliphatic rings. The zero-order valence-electron chi connectivity index (χ0n) is 10.2. The van der Waals surface area contributed by atoms with E-state index < -0.39 is 0 Å². The van der Waals surface area contributed by atoms with Gasteiger partial charge in [-0.1, -0.05) is 11.6 Å². The van der Waals surface area contributed by atoms with Crippen molar-refractivity contribution < 1.29 is 4.79 Å². The molecule has 0 fully saturated rings. The van der Waals surface area contributed by atoms with E-state index in [1.165, 1.54) is 6.07 Å². The molecule has 0 aliphatic carbocycles. The third-order valence-electron chi connectivity index (χ3n) is 2.58. The van der Waals surface area contributed by atoms with Gasteiger partial charge in [0.05, 0.1) is 16.1 Å². The van der Waals surface area contributed by atoms with Crippen molar-refractivity contribution in [1.82, 2.24) is 0 Å². The Morgan fingerprint density at radius 1 is 1.30 bits per heavy atom. The summed E-state index contributed by atoms with van der Waals surface area (Å²) in [6.07, 6.45) is 0. The Balaban J connectivity index is 2.26. The van der Waals surface area contributed by atoms with E-state index in [0.717, 1.165) is 0 Å². The third kappa shape index (κ3) is 3.10. The number of nitrogens with one attached hydrogen (secondary N) is 1. The highest BCUT2D eigenvalue weighted by Gasteiger charge is 2.11. The molecule has 4 nitrogen and oxygen atoms in total. The van der Waals surface area contributed by atoms with E-state index in [4.69, 9.17) is 22.6 Å². The maximum atomic E-state index is 12.1. The molecule has 0 bridgehead atoms. The molecule has 0 saturated carbocycles. The van der Waals surface area contributed by atoms with E-state index in [9.17, 15) is 4.79 Å². The van der Waals surface area contributed by atoms with Gasteiger partial charge in [0.25, 0.3) is 5.91 Å². The number of nitrogens with zero attached hydrogens (tertiary/aromatic N) is 1. The van der Waals surface area contributed by atoms with Crippen LogP contribution in [0.2, 0.25) is 5.02 Å². The Kier molecular flexibility index (Phi) is 4.28. The van der Waals surface area contributed by atoms with Crippen molar-refractivity contribution in [2.45, 2.75) is 0 Å². The molecular weight excluding hydrogens is 342 g/mol. The van der Waals surface area contributed by atoms with Gasteiger partial charge in [0.1, 0.15) is 6.07 Å². The number of hydrogen-bond acceptors (Lipinski definition) is 3. The fourth-order valence-corrected chi connectivity index (χ4v) is 2.25. The minimum atomic E-state index is -0.315. The first-order valence-corrected chi connectivity index (χ1v) is 6.74. The third-order valence-corrected chi connectivity index (χ3v) is 3.59. The molecule has 0 saturated heterocycles. The highest BCUT2D eigenvalue weighted by atomic mass is 79.9. The number of hydrogen-bond donors (Lipinski definition) is 2. The maximum Gasteiger partial charge on any atom is 0.256 e. The highest BCUT2D eigenvalue weighted by Crippen LogP contribution is 2.23. The van der Waals surface area contributed by atoms with Gasteiger partial charge < -0.3 is 11.1 Å². The van der Waals surface area contributed by atoms with Crippen LogP contribution in [0.3, 0.4) is 0 Å². The zero-order chi connectivity index (χ0) is 14.7. The lowest BCUT2D eigenvalue weighted by molar-refractivity contribution is 0.102. The van der Waals surface area contributed by atoms with Crippen LogP contribution in [0.5, 0.6) is 0 Å². The summed E-state index contributed by atoms with van der Waals surface area (Å²) < 4.78 is 0.643. The van der Waals surface area contributed by atoms with Gasteiger partial charge in [-0.05, 0) is 52.3 Å². The smallest absolute Gasteiger partial charge is 0.256 e. The molecule has 2 aromatic rings. The molecule has 0 spiro atoms. The molecule has 0 aromatic heterocycles. The van der Waals surface area contributed by atoms with Crippen molar-refractivity contribution in [2.75, 3.05) is 11.1 Å². The number of carbonyl (C=O) groups is 1. The molecule has 20 heavy (non-hydrogen) atoms. The predicted molar refractivity (Wildman–Crippen MR) is 82.7 cm³/mol. The van der Waals surface area contributed by atoms with Crippen molar-refractivity contribution in [3.63, 3.8) is 0 Å². The largest absolute Gasteiger partial charge is 0.399 e. The van der Waals surface area contributed by atoms with Gasteiger partial charge >= 0.3 is 0 Å². The van der Waals surface area contributed by atoms with Crippen LogP contribution >= 0.6 is 27.5 Å². The predicted octanol–water partition coefficient (Wildman–Crippen LogP) is 3.81. The van der Waals surface area contributed by atoms with Gasteiger partial charge in [-0.25, -0.2) is 0 Å². The monoisotopic (exact) mass is 349 g/mol. The van der Waals surface area contributed by atoms with Crippen LogP contribution in [-0.2, 0) is 0 Å². The molecule has 2 aromatic carbocycles. The molecule has 3 N–H and O–H groups in total. The van der Waals surface area contributed by atoms with Gasteiger partial charge in [-0.15, -0.1) is 0 Å². The number of nitrogens with two attached hydrogens (primary N) is 1. The normalized spacial score (nSPS) is 9.85. The van der Waals surface area contributed by atoms with Crippen LogP contribution in [0.4, 0.5) is 11.4 Å². The Bertz CT molecular complexity index is 725. The van der Waals surface area contributed by atoms with Crippen LogP contribution in [0, 0.1) is 11.3 Å². The standard InChI is InChI=1S/C14H9BrClN3O/c15-12-4-2-9(18)5-11(12)14(20)19-10-3-1-8(7-17)13(16)6-10/h1-6H,18H2,(H,19,20). The molecule has 100 valence electrons. The second kappa shape index (κ2) is 5.95. The van der Waals surface area contributed by atoms with Crippen LogP contribution in [0.1, 0.15) is 15.9 Å². The quantitative estimate of drug-likeness (QED) is 0.808. The number of nitrogen functional groups attached to an aromatic ring is 1. The van der Waals surface area contributed by atoms with E-state index >= 15 is 0 Å². The molecule has 6 heteroatoms. The van der Waals surface area contributed by atoms with Crippen molar-refractivity contribution in [3.8, 4) is 6.07 Å². The summed E-state index contributed by atoms with van der Waals surface area (Å²) in [6.45, 7) is 0. The van der Waals surface area contributed by atoms with Crippen LogP contribution in [0.25, 0.3) is 0 Å². The van der Waals surface area contributed by atoms with E-state index in [0.29, 0.717) is 27.0 Å². The summed E-state index contributed by atoms with van der Waals surface area (Å²) in [7, 11) is 0. The lowest BCUT2D eigenvalue weighted by Crippen LogP contribution is -2.13. The summed E-state index contributed by atoms with van der Waals surface area (Å²) in [5.74, 6) is -0.315. The molecule has 0 heterocycles. The van der Waals surface area contributed by atoms with Gasteiger partial charge in [0, 0.05) is 15.8 Å². The first kappa shape index (κ1) is 14.4. The number of anilines is 2. The van der Waals surface area contributed by atoms with Gasteiger partial charge in [0.2, 0.25) is 0 Å². The zero-order valence-corrected chi connectivity index (χ0v) is 12.5. The van der Waals surface area contributed by atoms with E-state index in [1.54, 1.807) is 30.3 Å². The Labute approximate surface area is 129 Å². The summed E-state index contributed by atoms with van der Waals surface area (Å²) in [4.78, 5) is 12.1. The Morgan fingerprint density at radius 2 is 2.05 bits per heavy atom. The topological polar surface area (TPSA) is 78.9 Å². The van der Waals surface area contributed by atoms with Crippen LogP contribution < -0.4 is 11.1 Å². The van der Waals surface area contributed by atoms with Crippen molar-refractivity contribution in [1.29, 1.82) is 5.26 Å². The lowest BCUT2D eigenvalue weighted by Gasteiger charge is -2.08. The molecule has 0 atom stereocenters. The SMILES string of the molecule is N#Cc1ccc(NC(=O)c2cc(N)ccc2Br)cc1Cl. The fourth-order valence-electron chi connectivity index (χ4n) is 1.60. The van der Waals surface area contributed by atoms with Gasteiger partial charge in [0.15, 0.2) is 0 Å². The van der Waals surface area contributed by atoms with Gasteiger partial charge in [-0.3, -0.25) is 4.79 Å². The number of rotatable bonds is 2. The number of amides is 1. The molecule has 0 aliphatic heterocycles.